The first-order valence-corrected chi connectivity index (χ1v) is 11.0. The number of nitrogens with one attached hydrogen (secondary N) is 2. The van der Waals surface area contributed by atoms with Gasteiger partial charge in [0.15, 0.2) is 5.96 Å². The van der Waals surface area contributed by atoms with Crippen molar-refractivity contribution < 1.29 is 4.74 Å². The number of rotatable bonds is 7. The summed E-state index contributed by atoms with van der Waals surface area (Å²) in [5, 5.41) is 7.19. The number of aromatic nitrogens is 1. The zero-order valence-corrected chi connectivity index (χ0v) is 18.4. The van der Waals surface area contributed by atoms with E-state index in [1.165, 1.54) is 31.5 Å². The fourth-order valence-electron chi connectivity index (χ4n) is 4.16. The summed E-state index contributed by atoms with van der Waals surface area (Å²) in [6.07, 6.45) is 6.65. The molecule has 0 saturated carbocycles. The van der Waals surface area contributed by atoms with Crippen molar-refractivity contribution in [2.75, 3.05) is 64.9 Å². The van der Waals surface area contributed by atoms with Crippen LogP contribution in [0.2, 0.25) is 0 Å². The molecule has 0 unspecified atom stereocenters. The topological polar surface area (TPSA) is 65.0 Å². The van der Waals surface area contributed by atoms with E-state index in [0.717, 1.165) is 63.3 Å². The molecule has 0 aliphatic carbocycles. The predicted octanol–water partition coefficient (Wildman–Crippen LogP) is 1.88. The molecule has 7 nitrogen and oxygen atoms in total. The number of nitrogens with zero attached hydrogens (tertiary/aromatic N) is 4. The highest BCUT2D eigenvalue weighted by Crippen LogP contribution is 2.18. The molecule has 2 aliphatic rings. The largest absolute Gasteiger partial charge is 0.383 e. The Kier molecular flexibility index (Phi) is 8.55. The van der Waals surface area contributed by atoms with E-state index in [9.17, 15) is 0 Å². The maximum Gasteiger partial charge on any atom is 0.191 e. The van der Waals surface area contributed by atoms with Crippen LogP contribution in [0.1, 0.15) is 31.2 Å². The monoisotopic (exact) mass is 402 g/mol. The van der Waals surface area contributed by atoms with Crippen LogP contribution in [0.5, 0.6) is 0 Å². The zero-order valence-electron chi connectivity index (χ0n) is 18.4. The Morgan fingerprint density at radius 1 is 1.17 bits per heavy atom. The minimum Gasteiger partial charge on any atom is -0.383 e. The normalized spacial score (nSPS) is 20.1. The highest BCUT2D eigenvalue weighted by molar-refractivity contribution is 5.80. The molecule has 0 spiro atoms. The lowest BCUT2D eigenvalue weighted by atomic mass is 9.97. The van der Waals surface area contributed by atoms with Crippen LogP contribution >= 0.6 is 0 Å². The van der Waals surface area contributed by atoms with Crippen LogP contribution in [-0.4, -0.2) is 81.9 Å². The summed E-state index contributed by atoms with van der Waals surface area (Å²) in [5.74, 6) is 2.76. The number of ether oxygens (including phenoxy) is 1. The second kappa shape index (κ2) is 11.4. The van der Waals surface area contributed by atoms with E-state index < -0.39 is 0 Å². The molecule has 0 radical (unpaired) electrons. The number of hydrogen-bond acceptors (Lipinski definition) is 5. The van der Waals surface area contributed by atoms with Gasteiger partial charge in [0.05, 0.1) is 6.61 Å². The number of guanidine groups is 1. The van der Waals surface area contributed by atoms with Crippen LogP contribution in [0.4, 0.5) is 5.82 Å². The van der Waals surface area contributed by atoms with Crippen molar-refractivity contribution in [1.29, 1.82) is 0 Å². The van der Waals surface area contributed by atoms with Crippen LogP contribution in [0.3, 0.4) is 0 Å². The van der Waals surface area contributed by atoms with E-state index in [1.54, 1.807) is 7.11 Å². The van der Waals surface area contributed by atoms with Gasteiger partial charge < -0.3 is 25.2 Å². The van der Waals surface area contributed by atoms with E-state index in [-0.39, 0.29) is 0 Å². The number of hydrogen-bond donors (Lipinski definition) is 2. The Morgan fingerprint density at radius 2 is 1.93 bits per heavy atom. The fraction of sp³-hybridized carbons (Fsp3) is 0.727. The lowest BCUT2D eigenvalue weighted by Gasteiger charge is -2.34. The molecular weight excluding hydrogens is 364 g/mol. The van der Waals surface area contributed by atoms with E-state index >= 15 is 0 Å². The first-order valence-electron chi connectivity index (χ1n) is 11.0. The number of aryl methyl sites for hydroxylation is 1. The lowest BCUT2D eigenvalue weighted by Crippen LogP contribution is -2.50. The molecule has 1 aromatic heterocycles. The number of anilines is 1. The first kappa shape index (κ1) is 21.8. The molecule has 0 aromatic carbocycles. The fourth-order valence-corrected chi connectivity index (χ4v) is 4.16. The Morgan fingerprint density at radius 3 is 2.55 bits per heavy atom. The first-order chi connectivity index (χ1) is 14.2. The maximum atomic E-state index is 5.19. The third-order valence-corrected chi connectivity index (χ3v) is 6.16. The summed E-state index contributed by atoms with van der Waals surface area (Å²) in [7, 11) is 3.65. The second-order valence-corrected chi connectivity index (χ2v) is 8.33. The molecule has 1 aromatic rings. The van der Waals surface area contributed by atoms with Crippen molar-refractivity contribution in [2.45, 2.75) is 38.6 Å². The van der Waals surface area contributed by atoms with Gasteiger partial charge in [0, 0.05) is 52.6 Å². The van der Waals surface area contributed by atoms with Gasteiger partial charge in [0.25, 0.3) is 0 Å². The predicted molar refractivity (Wildman–Crippen MR) is 120 cm³/mol. The maximum absolute atomic E-state index is 5.19. The molecule has 7 heteroatoms. The molecule has 29 heavy (non-hydrogen) atoms. The lowest BCUT2D eigenvalue weighted by molar-refractivity contribution is 0.121. The van der Waals surface area contributed by atoms with E-state index in [1.807, 2.05) is 13.2 Å². The number of methoxy groups -OCH3 is 1. The van der Waals surface area contributed by atoms with Crippen molar-refractivity contribution in [1.82, 2.24) is 20.5 Å². The highest BCUT2D eigenvalue weighted by atomic mass is 16.5. The molecular formula is C22H38N6O. The average Bonchev–Trinajstić information content (AvgIpc) is 2.77. The summed E-state index contributed by atoms with van der Waals surface area (Å²) < 4.78 is 5.19. The van der Waals surface area contributed by atoms with Crippen LogP contribution in [0, 0.1) is 12.8 Å². The number of aliphatic imine (C=N–C) groups is 1. The average molecular weight is 403 g/mol. The molecule has 2 aliphatic heterocycles. The van der Waals surface area contributed by atoms with Crippen molar-refractivity contribution >= 4 is 11.8 Å². The molecule has 3 heterocycles. The van der Waals surface area contributed by atoms with Gasteiger partial charge in [0.1, 0.15) is 5.82 Å². The Balaban J connectivity index is 1.35. The summed E-state index contributed by atoms with van der Waals surface area (Å²) >= 11 is 0. The summed E-state index contributed by atoms with van der Waals surface area (Å²) in [4.78, 5) is 13.9. The summed E-state index contributed by atoms with van der Waals surface area (Å²) in [5.41, 5.74) is 1.21. The van der Waals surface area contributed by atoms with E-state index in [4.69, 9.17) is 4.74 Å². The molecule has 3 rings (SSSR count). The third-order valence-electron chi connectivity index (χ3n) is 6.16. The van der Waals surface area contributed by atoms with Crippen molar-refractivity contribution in [3.05, 3.63) is 23.9 Å². The number of pyridine rings is 1. The van der Waals surface area contributed by atoms with Gasteiger partial charge in [-0.1, -0.05) is 6.07 Å². The van der Waals surface area contributed by atoms with Gasteiger partial charge >= 0.3 is 0 Å². The quantitative estimate of drug-likeness (QED) is 0.536. The van der Waals surface area contributed by atoms with Crippen LogP contribution in [-0.2, 0) is 4.74 Å². The summed E-state index contributed by atoms with van der Waals surface area (Å²) in [6, 6.07) is 4.74. The van der Waals surface area contributed by atoms with Gasteiger partial charge in [-0.15, -0.1) is 0 Å². The smallest absolute Gasteiger partial charge is 0.191 e. The Hall–Kier alpha value is -1.86. The molecule has 0 atom stereocenters. The van der Waals surface area contributed by atoms with E-state index in [2.05, 4.69) is 49.5 Å². The third kappa shape index (κ3) is 6.85. The summed E-state index contributed by atoms with van der Waals surface area (Å²) in [6.45, 7) is 9.38. The minimum absolute atomic E-state index is 0.471. The Labute approximate surface area is 175 Å². The molecule has 0 amide bonds. The van der Waals surface area contributed by atoms with Gasteiger partial charge in [-0.25, -0.2) is 4.98 Å². The second-order valence-electron chi connectivity index (χ2n) is 8.33. The SMILES string of the molecule is CN=C(NCC1CCN(CCOC)CC1)NC1CCN(c2ccc(C)cn2)CC1. The molecule has 2 N–H and O–H groups in total. The van der Waals surface area contributed by atoms with Crippen LogP contribution in [0.25, 0.3) is 0 Å². The molecule has 2 saturated heterocycles. The molecule has 0 bridgehead atoms. The zero-order chi connectivity index (χ0) is 20.5. The number of piperidine rings is 2. The minimum atomic E-state index is 0.471. The molecule has 2 fully saturated rings. The Bertz CT molecular complexity index is 619. The van der Waals surface area contributed by atoms with Crippen LogP contribution in [0.15, 0.2) is 23.3 Å². The van der Waals surface area contributed by atoms with Gasteiger partial charge in [-0.3, -0.25) is 4.99 Å². The van der Waals surface area contributed by atoms with E-state index in [0.29, 0.717) is 6.04 Å². The highest BCUT2D eigenvalue weighted by Gasteiger charge is 2.22. The van der Waals surface area contributed by atoms with Crippen LogP contribution < -0.4 is 15.5 Å². The van der Waals surface area contributed by atoms with Gasteiger partial charge in [0.2, 0.25) is 0 Å². The number of likely N-dealkylation sites (tertiary alicyclic amines) is 1. The van der Waals surface area contributed by atoms with Crippen molar-refractivity contribution in [3.63, 3.8) is 0 Å². The van der Waals surface area contributed by atoms with Gasteiger partial charge in [-0.05, 0) is 63.2 Å². The molecule has 162 valence electrons. The standard InChI is InChI=1S/C22H38N6O/c1-18-4-5-21(24-16-18)28-12-8-20(9-13-28)26-22(23-2)25-17-19-6-10-27(11-7-19)14-15-29-3/h4-5,16,19-20H,6-15,17H2,1-3H3,(H2,23,25,26). The van der Waals surface area contributed by atoms with Crippen molar-refractivity contribution in [3.8, 4) is 0 Å². The van der Waals surface area contributed by atoms with Gasteiger partial charge in [-0.2, -0.15) is 0 Å². The van der Waals surface area contributed by atoms with Crippen molar-refractivity contribution in [2.24, 2.45) is 10.9 Å².